The fraction of sp³-hybridized carbons (Fsp3) is 0.529. The highest BCUT2D eigenvalue weighted by Crippen LogP contribution is 2.35. The SMILES string of the molecule is C=CCCCc1c2c(cc3c1CCC3)CCC2. The van der Waals surface area contributed by atoms with Gasteiger partial charge in [-0.05, 0) is 85.6 Å². The predicted octanol–water partition coefficient (Wildman–Crippen LogP) is 4.17. The Morgan fingerprint density at radius 3 is 2.24 bits per heavy atom. The van der Waals surface area contributed by atoms with Gasteiger partial charge in [-0.2, -0.15) is 0 Å². The molecule has 2 aliphatic carbocycles. The Kier molecular flexibility index (Phi) is 3.05. The maximum atomic E-state index is 3.84. The third-order valence-corrected chi connectivity index (χ3v) is 4.43. The van der Waals surface area contributed by atoms with Crippen LogP contribution in [0, 0.1) is 0 Å². The zero-order valence-corrected chi connectivity index (χ0v) is 10.7. The first-order valence-electron chi connectivity index (χ1n) is 7.16. The molecule has 0 saturated carbocycles. The lowest BCUT2D eigenvalue weighted by molar-refractivity contribution is 0.815. The van der Waals surface area contributed by atoms with Crippen molar-refractivity contribution in [3.05, 3.63) is 46.5 Å². The molecule has 0 saturated heterocycles. The van der Waals surface area contributed by atoms with Crippen LogP contribution in [0.3, 0.4) is 0 Å². The van der Waals surface area contributed by atoms with E-state index in [0.29, 0.717) is 0 Å². The molecular weight excluding hydrogens is 204 g/mol. The van der Waals surface area contributed by atoms with Gasteiger partial charge in [-0.1, -0.05) is 12.1 Å². The van der Waals surface area contributed by atoms with Gasteiger partial charge in [0.2, 0.25) is 0 Å². The second-order valence-electron chi connectivity index (χ2n) is 5.52. The lowest BCUT2D eigenvalue weighted by Crippen LogP contribution is -2.01. The molecule has 0 bridgehead atoms. The van der Waals surface area contributed by atoms with Crippen LogP contribution in [0.1, 0.15) is 53.5 Å². The van der Waals surface area contributed by atoms with Crippen LogP contribution >= 0.6 is 0 Å². The van der Waals surface area contributed by atoms with E-state index >= 15 is 0 Å². The molecule has 1 aromatic rings. The van der Waals surface area contributed by atoms with Gasteiger partial charge >= 0.3 is 0 Å². The number of unbranched alkanes of at least 4 members (excludes halogenated alkanes) is 1. The van der Waals surface area contributed by atoms with Crippen LogP contribution in [0.15, 0.2) is 18.7 Å². The van der Waals surface area contributed by atoms with Gasteiger partial charge in [0, 0.05) is 0 Å². The Balaban J connectivity index is 1.96. The monoisotopic (exact) mass is 226 g/mol. The minimum atomic E-state index is 1.17. The summed E-state index contributed by atoms with van der Waals surface area (Å²) in [6.45, 7) is 3.84. The van der Waals surface area contributed by atoms with Crippen LogP contribution in [-0.4, -0.2) is 0 Å². The van der Waals surface area contributed by atoms with Crippen molar-refractivity contribution in [2.75, 3.05) is 0 Å². The molecule has 0 N–H and O–H groups in total. The van der Waals surface area contributed by atoms with Gasteiger partial charge in [-0.25, -0.2) is 0 Å². The van der Waals surface area contributed by atoms with Gasteiger partial charge in [-0.15, -0.1) is 6.58 Å². The molecule has 0 unspecified atom stereocenters. The van der Waals surface area contributed by atoms with E-state index in [-0.39, 0.29) is 0 Å². The van der Waals surface area contributed by atoms with Gasteiger partial charge in [-0.3, -0.25) is 0 Å². The molecule has 1 aromatic carbocycles. The minimum Gasteiger partial charge on any atom is -0.103 e. The molecule has 0 atom stereocenters. The lowest BCUT2D eigenvalue weighted by Gasteiger charge is -2.14. The molecule has 2 aliphatic rings. The molecule has 0 nitrogen and oxygen atoms in total. The van der Waals surface area contributed by atoms with Crippen LogP contribution in [0.4, 0.5) is 0 Å². The zero-order valence-electron chi connectivity index (χ0n) is 10.7. The summed E-state index contributed by atoms with van der Waals surface area (Å²) in [7, 11) is 0. The van der Waals surface area contributed by atoms with Crippen LogP contribution in [0.25, 0.3) is 0 Å². The Bertz CT molecular complexity index is 408. The van der Waals surface area contributed by atoms with E-state index in [1.807, 2.05) is 0 Å². The largest absolute Gasteiger partial charge is 0.103 e. The Morgan fingerprint density at radius 2 is 1.65 bits per heavy atom. The smallest absolute Gasteiger partial charge is 0.0270 e. The summed E-state index contributed by atoms with van der Waals surface area (Å²) in [5.41, 5.74) is 8.57. The van der Waals surface area contributed by atoms with E-state index in [1.165, 1.54) is 57.8 Å². The van der Waals surface area contributed by atoms with Crippen molar-refractivity contribution in [2.24, 2.45) is 0 Å². The van der Waals surface area contributed by atoms with Crippen LogP contribution < -0.4 is 0 Å². The molecular formula is C17H22. The maximum Gasteiger partial charge on any atom is -0.0270 e. The van der Waals surface area contributed by atoms with E-state index in [0.717, 1.165) is 0 Å². The Morgan fingerprint density at radius 1 is 1.00 bits per heavy atom. The standard InChI is InChI=1S/C17H22/c1-2-3-4-9-17-15-10-5-7-13(15)12-14-8-6-11-16(14)17/h2,12H,1,3-11H2. The number of hydrogen-bond acceptors (Lipinski definition) is 0. The van der Waals surface area contributed by atoms with Gasteiger partial charge in [0.15, 0.2) is 0 Å². The average molecular weight is 226 g/mol. The van der Waals surface area contributed by atoms with Gasteiger partial charge in [0.05, 0.1) is 0 Å². The molecule has 0 aliphatic heterocycles. The van der Waals surface area contributed by atoms with Gasteiger partial charge in [0.25, 0.3) is 0 Å². The predicted molar refractivity (Wildman–Crippen MR) is 73.6 cm³/mol. The summed E-state index contributed by atoms with van der Waals surface area (Å²) in [6, 6.07) is 2.53. The van der Waals surface area contributed by atoms with Crippen molar-refractivity contribution in [1.29, 1.82) is 0 Å². The molecule has 90 valence electrons. The summed E-state index contributed by atoms with van der Waals surface area (Å²) in [4.78, 5) is 0. The molecule has 0 heterocycles. The highest BCUT2D eigenvalue weighted by atomic mass is 14.3. The van der Waals surface area contributed by atoms with Crippen LogP contribution in [0.2, 0.25) is 0 Å². The highest BCUT2D eigenvalue weighted by Gasteiger charge is 2.23. The van der Waals surface area contributed by atoms with Crippen LogP contribution in [-0.2, 0) is 32.1 Å². The van der Waals surface area contributed by atoms with Crippen molar-refractivity contribution in [2.45, 2.75) is 57.8 Å². The fourth-order valence-corrected chi connectivity index (χ4v) is 3.66. The molecule has 17 heavy (non-hydrogen) atoms. The van der Waals surface area contributed by atoms with E-state index in [2.05, 4.69) is 18.7 Å². The average Bonchev–Trinajstić information content (AvgIpc) is 2.95. The van der Waals surface area contributed by atoms with E-state index in [9.17, 15) is 0 Å². The number of allylic oxidation sites excluding steroid dienone is 1. The molecule has 0 radical (unpaired) electrons. The molecule has 0 spiro atoms. The quantitative estimate of drug-likeness (QED) is 0.534. The van der Waals surface area contributed by atoms with Crippen molar-refractivity contribution in [3.8, 4) is 0 Å². The maximum absolute atomic E-state index is 3.84. The molecule has 0 aromatic heterocycles. The molecule has 3 rings (SSSR count). The zero-order chi connectivity index (χ0) is 11.7. The van der Waals surface area contributed by atoms with E-state index in [1.54, 1.807) is 27.8 Å². The van der Waals surface area contributed by atoms with Crippen molar-refractivity contribution >= 4 is 0 Å². The van der Waals surface area contributed by atoms with Gasteiger partial charge in [0.1, 0.15) is 0 Å². The molecule has 0 fully saturated rings. The number of aryl methyl sites for hydroxylation is 2. The summed E-state index contributed by atoms with van der Waals surface area (Å²) in [5, 5.41) is 0. The second kappa shape index (κ2) is 4.68. The van der Waals surface area contributed by atoms with E-state index in [4.69, 9.17) is 0 Å². The second-order valence-corrected chi connectivity index (χ2v) is 5.52. The third-order valence-electron chi connectivity index (χ3n) is 4.43. The normalized spacial score (nSPS) is 16.9. The first-order chi connectivity index (χ1) is 8.40. The summed E-state index contributed by atoms with van der Waals surface area (Å²) in [5.74, 6) is 0. The summed E-state index contributed by atoms with van der Waals surface area (Å²) in [6.07, 6.45) is 13.9. The van der Waals surface area contributed by atoms with Crippen molar-refractivity contribution in [1.82, 2.24) is 0 Å². The topological polar surface area (TPSA) is 0 Å². The van der Waals surface area contributed by atoms with Crippen molar-refractivity contribution < 1.29 is 0 Å². The highest BCUT2D eigenvalue weighted by molar-refractivity contribution is 5.50. The number of fused-ring (bicyclic) bond motifs is 2. The molecule has 0 amide bonds. The summed E-state index contributed by atoms with van der Waals surface area (Å²) >= 11 is 0. The first kappa shape index (κ1) is 11.1. The summed E-state index contributed by atoms with van der Waals surface area (Å²) < 4.78 is 0. The fourth-order valence-electron chi connectivity index (χ4n) is 3.66. The Labute approximate surface area is 105 Å². The van der Waals surface area contributed by atoms with Crippen LogP contribution in [0.5, 0.6) is 0 Å². The number of hydrogen-bond donors (Lipinski definition) is 0. The number of rotatable bonds is 4. The minimum absolute atomic E-state index is 1.17. The third kappa shape index (κ3) is 1.94. The molecule has 0 heteroatoms. The lowest BCUT2D eigenvalue weighted by atomic mass is 9.91. The van der Waals surface area contributed by atoms with Crippen molar-refractivity contribution in [3.63, 3.8) is 0 Å². The van der Waals surface area contributed by atoms with Gasteiger partial charge < -0.3 is 0 Å². The van der Waals surface area contributed by atoms with E-state index < -0.39 is 0 Å². The number of benzene rings is 1. The first-order valence-corrected chi connectivity index (χ1v) is 7.16. The Hall–Kier alpha value is -1.04.